The lowest BCUT2D eigenvalue weighted by Crippen LogP contribution is -2.42. The summed E-state index contributed by atoms with van der Waals surface area (Å²) in [4.78, 5) is 12.1. The Bertz CT molecular complexity index is 544. The number of fused-ring (bicyclic) bond motifs is 1. The number of halogens is 2. The molecule has 2 atom stereocenters. The maximum atomic E-state index is 13.9. The van der Waals surface area contributed by atoms with Gasteiger partial charge in [0, 0.05) is 18.6 Å². The molecule has 2 unspecified atom stereocenters. The fraction of sp³-hybridized carbons (Fsp3) is 0.571. The molecule has 114 valence electrons. The molecule has 2 saturated heterocycles. The summed E-state index contributed by atoms with van der Waals surface area (Å²) in [6.45, 7) is 1.96. The first kappa shape index (κ1) is 14.2. The molecule has 2 aliphatic rings. The normalized spacial score (nSPS) is 25.6. The summed E-state index contributed by atoms with van der Waals surface area (Å²) in [5, 5.41) is 13.5. The SMILES string of the molecule is O=[N+]([O-])c1cc(F)c(NC2CCN3CCCCC23)c(F)c1. The van der Waals surface area contributed by atoms with Crippen molar-refractivity contribution in [2.24, 2.45) is 0 Å². The molecule has 7 heteroatoms. The smallest absolute Gasteiger partial charge is 0.275 e. The van der Waals surface area contributed by atoms with Crippen LogP contribution in [0, 0.1) is 21.7 Å². The first-order valence-corrected chi connectivity index (χ1v) is 7.20. The van der Waals surface area contributed by atoms with Crippen LogP contribution in [-0.4, -0.2) is 35.0 Å². The van der Waals surface area contributed by atoms with Crippen molar-refractivity contribution >= 4 is 11.4 Å². The maximum absolute atomic E-state index is 13.9. The van der Waals surface area contributed by atoms with E-state index >= 15 is 0 Å². The second-order valence-corrected chi connectivity index (χ2v) is 5.68. The average Bonchev–Trinajstić information content (AvgIpc) is 2.86. The van der Waals surface area contributed by atoms with Gasteiger partial charge >= 0.3 is 0 Å². The van der Waals surface area contributed by atoms with Gasteiger partial charge in [-0.2, -0.15) is 0 Å². The Kier molecular flexibility index (Phi) is 3.75. The fourth-order valence-electron chi connectivity index (χ4n) is 3.40. The van der Waals surface area contributed by atoms with Crippen LogP contribution in [-0.2, 0) is 0 Å². The van der Waals surface area contributed by atoms with Crippen LogP contribution in [0.15, 0.2) is 12.1 Å². The number of benzene rings is 1. The van der Waals surface area contributed by atoms with Crippen molar-refractivity contribution < 1.29 is 13.7 Å². The maximum Gasteiger partial charge on any atom is 0.275 e. The van der Waals surface area contributed by atoms with Gasteiger partial charge in [-0.25, -0.2) is 8.78 Å². The summed E-state index contributed by atoms with van der Waals surface area (Å²) in [6, 6.07) is 1.82. The minimum atomic E-state index is -0.907. The van der Waals surface area contributed by atoms with Gasteiger partial charge in [0.15, 0.2) is 11.6 Å². The van der Waals surface area contributed by atoms with Crippen LogP contribution >= 0.6 is 0 Å². The monoisotopic (exact) mass is 297 g/mol. The standard InChI is InChI=1S/C14H17F2N3O2/c15-10-7-9(19(20)21)8-11(16)14(10)17-12-4-6-18-5-2-1-3-13(12)18/h7-8,12-13,17H,1-6H2. The van der Waals surface area contributed by atoms with Crippen LogP contribution in [0.4, 0.5) is 20.2 Å². The van der Waals surface area contributed by atoms with E-state index in [0.29, 0.717) is 6.04 Å². The van der Waals surface area contributed by atoms with Gasteiger partial charge in [0.05, 0.1) is 17.1 Å². The number of nitro benzene ring substituents is 1. The van der Waals surface area contributed by atoms with E-state index in [0.717, 1.165) is 44.5 Å². The summed E-state index contributed by atoms with van der Waals surface area (Å²) in [5.41, 5.74) is -0.820. The zero-order valence-corrected chi connectivity index (χ0v) is 11.5. The molecular weight excluding hydrogens is 280 g/mol. The number of nitro groups is 1. The molecule has 0 radical (unpaired) electrons. The number of rotatable bonds is 3. The Morgan fingerprint density at radius 1 is 1.19 bits per heavy atom. The minimum absolute atomic E-state index is 0.00393. The third kappa shape index (κ3) is 2.70. The summed E-state index contributed by atoms with van der Waals surface area (Å²) < 4.78 is 27.9. The van der Waals surface area contributed by atoms with E-state index in [9.17, 15) is 18.9 Å². The van der Waals surface area contributed by atoms with Crippen LogP contribution in [0.3, 0.4) is 0 Å². The van der Waals surface area contributed by atoms with E-state index in [4.69, 9.17) is 0 Å². The molecule has 1 N–H and O–H groups in total. The Morgan fingerprint density at radius 3 is 2.57 bits per heavy atom. The molecule has 0 aromatic heterocycles. The number of piperidine rings is 1. The molecule has 2 heterocycles. The highest BCUT2D eigenvalue weighted by Gasteiger charge is 2.36. The van der Waals surface area contributed by atoms with Crippen LogP contribution in [0.2, 0.25) is 0 Å². The van der Waals surface area contributed by atoms with Gasteiger partial charge in [-0.15, -0.1) is 0 Å². The van der Waals surface area contributed by atoms with Gasteiger partial charge < -0.3 is 5.32 Å². The number of anilines is 1. The third-order valence-corrected chi connectivity index (χ3v) is 4.42. The fourth-order valence-corrected chi connectivity index (χ4v) is 3.40. The molecule has 1 aromatic rings. The molecule has 2 aliphatic heterocycles. The van der Waals surface area contributed by atoms with Crippen LogP contribution in [0.25, 0.3) is 0 Å². The van der Waals surface area contributed by atoms with E-state index in [1.807, 2.05) is 0 Å². The lowest BCUT2D eigenvalue weighted by Gasteiger charge is -2.33. The predicted octanol–water partition coefficient (Wildman–Crippen LogP) is 2.91. The van der Waals surface area contributed by atoms with Crippen LogP contribution in [0.1, 0.15) is 25.7 Å². The van der Waals surface area contributed by atoms with Crippen molar-refractivity contribution in [1.82, 2.24) is 4.90 Å². The van der Waals surface area contributed by atoms with E-state index < -0.39 is 22.2 Å². The molecule has 2 fully saturated rings. The van der Waals surface area contributed by atoms with Gasteiger partial charge in [0.2, 0.25) is 0 Å². The summed E-state index contributed by atoms with van der Waals surface area (Å²) in [7, 11) is 0. The lowest BCUT2D eigenvalue weighted by atomic mass is 9.99. The van der Waals surface area contributed by atoms with Gasteiger partial charge in [-0.3, -0.25) is 15.0 Å². The van der Waals surface area contributed by atoms with Crippen molar-refractivity contribution in [1.29, 1.82) is 0 Å². The summed E-state index contributed by atoms with van der Waals surface area (Å²) in [6.07, 6.45) is 4.16. The predicted molar refractivity (Wildman–Crippen MR) is 74.3 cm³/mol. The van der Waals surface area contributed by atoms with E-state index in [1.54, 1.807) is 0 Å². The summed E-state index contributed by atoms with van der Waals surface area (Å²) in [5.74, 6) is -1.81. The second-order valence-electron chi connectivity index (χ2n) is 5.68. The Morgan fingerprint density at radius 2 is 1.90 bits per heavy atom. The van der Waals surface area contributed by atoms with Gasteiger partial charge in [0.25, 0.3) is 5.69 Å². The topological polar surface area (TPSA) is 58.4 Å². The molecule has 1 aromatic carbocycles. The number of nitrogens with zero attached hydrogens (tertiary/aromatic N) is 2. The lowest BCUT2D eigenvalue weighted by molar-refractivity contribution is -0.385. The Hall–Kier alpha value is -1.76. The Labute approximate surface area is 121 Å². The van der Waals surface area contributed by atoms with Crippen LogP contribution in [0.5, 0.6) is 0 Å². The highest BCUT2D eigenvalue weighted by molar-refractivity contribution is 5.52. The van der Waals surface area contributed by atoms with Crippen LogP contribution < -0.4 is 5.32 Å². The highest BCUT2D eigenvalue weighted by atomic mass is 19.1. The molecule has 0 amide bonds. The van der Waals surface area contributed by atoms with E-state index in [-0.39, 0.29) is 11.7 Å². The van der Waals surface area contributed by atoms with Crippen molar-refractivity contribution in [3.63, 3.8) is 0 Å². The van der Waals surface area contributed by atoms with Crippen molar-refractivity contribution in [2.75, 3.05) is 18.4 Å². The number of nitrogens with one attached hydrogen (secondary N) is 1. The van der Waals surface area contributed by atoms with Crippen molar-refractivity contribution in [2.45, 2.75) is 37.8 Å². The zero-order chi connectivity index (χ0) is 15.0. The molecule has 0 saturated carbocycles. The van der Waals surface area contributed by atoms with Crippen molar-refractivity contribution in [3.8, 4) is 0 Å². The first-order valence-electron chi connectivity index (χ1n) is 7.20. The Balaban J connectivity index is 1.80. The van der Waals surface area contributed by atoms with E-state index in [1.165, 1.54) is 6.42 Å². The van der Waals surface area contributed by atoms with Gasteiger partial charge in [0.1, 0.15) is 5.69 Å². The molecule has 0 aliphatic carbocycles. The molecule has 0 bridgehead atoms. The largest absolute Gasteiger partial charge is 0.376 e. The molecule has 0 spiro atoms. The van der Waals surface area contributed by atoms with Gasteiger partial charge in [-0.1, -0.05) is 6.42 Å². The quantitative estimate of drug-likeness (QED) is 0.688. The highest BCUT2D eigenvalue weighted by Crippen LogP contribution is 2.32. The average molecular weight is 297 g/mol. The molecular formula is C14H17F2N3O2. The number of hydrogen-bond donors (Lipinski definition) is 1. The minimum Gasteiger partial charge on any atom is -0.376 e. The first-order chi connectivity index (χ1) is 10.1. The summed E-state index contributed by atoms with van der Waals surface area (Å²) >= 11 is 0. The van der Waals surface area contributed by atoms with Crippen molar-refractivity contribution in [3.05, 3.63) is 33.9 Å². The molecule has 3 rings (SSSR count). The third-order valence-electron chi connectivity index (χ3n) is 4.42. The number of hydrogen-bond acceptors (Lipinski definition) is 4. The number of non-ortho nitro benzene ring substituents is 1. The molecule has 5 nitrogen and oxygen atoms in total. The van der Waals surface area contributed by atoms with Gasteiger partial charge in [-0.05, 0) is 25.8 Å². The second kappa shape index (κ2) is 5.55. The molecule has 21 heavy (non-hydrogen) atoms. The zero-order valence-electron chi connectivity index (χ0n) is 11.5. The van der Waals surface area contributed by atoms with E-state index in [2.05, 4.69) is 10.2 Å².